The Labute approximate surface area is 89.4 Å². The molecule has 6 N–H and O–H groups in total. The molecule has 0 fully saturated rings. The monoisotopic (exact) mass is 226 g/mol. The molecule has 15 heavy (non-hydrogen) atoms. The van der Waals surface area contributed by atoms with E-state index in [2.05, 4.69) is 0 Å². The summed E-state index contributed by atoms with van der Waals surface area (Å²) in [5, 5.41) is 50.0. The van der Waals surface area contributed by atoms with E-state index < -0.39 is 25.4 Å². The minimum atomic E-state index is -1.22. The molecule has 0 aromatic heterocycles. The summed E-state index contributed by atoms with van der Waals surface area (Å²) in [6.07, 6.45) is -2.44. The lowest BCUT2D eigenvalue weighted by atomic mass is 9.97. The van der Waals surface area contributed by atoms with Crippen molar-refractivity contribution in [3.8, 4) is 0 Å². The molecule has 0 aliphatic heterocycles. The summed E-state index contributed by atoms with van der Waals surface area (Å²) in [6.45, 7) is 2.64. The van der Waals surface area contributed by atoms with E-state index in [1.165, 1.54) is 0 Å². The molecule has 2 atom stereocenters. The molecule has 0 heterocycles. The zero-order valence-electron chi connectivity index (χ0n) is 9.17. The van der Waals surface area contributed by atoms with Crippen LogP contribution >= 0.6 is 0 Å². The van der Waals surface area contributed by atoms with E-state index in [-0.39, 0.29) is 18.6 Å². The maximum absolute atomic E-state index is 8.47. The summed E-state index contributed by atoms with van der Waals surface area (Å²) in [4.78, 5) is 0. The first-order valence-corrected chi connectivity index (χ1v) is 4.64. The Morgan fingerprint density at radius 3 is 1.13 bits per heavy atom. The van der Waals surface area contributed by atoms with Crippen molar-refractivity contribution in [1.82, 2.24) is 0 Å². The second kappa shape index (κ2) is 9.02. The fourth-order valence-corrected chi connectivity index (χ4v) is 0.293. The first-order chi connectivity index (χ1) is 6.84. The molecule has 0 aromatic carbocycles. The topological polar surface area (TPSA) is 121 Å². The van der Waals surface area contributed by atoms with Crippen LogP contribution in [0.1, 0.15) is 13.8 Å². The number of aliphatic hydroxyl groups is 6. The van der Waals surface area contributed by atoms with Crippen molar-refractivity contribution in [1.29, 1.82) is 0 Å². The van der Waals surface area contributed by atoms with E-state index in [0.717, 1.165) is 0 Å². The van der Waals surface area contributed by atoms with Crippen LogP contribution in [0.15, 0.2) is 0 Å². The molecule has 0 radical (unpaired) electrons. The van der Waals surface area contributed by atoms with E-state index in [9.17, 15) is 0 Å². The Morgan fingerprint density at radius 1 is 0.800 bits per heavy atom. The lowest BCUT2D eigenvalue weighted by Gasteiger charge is -2.16. The molecule has 0 aliphatic carbocycles. The third-order valence-electron chi connectivity index (χ3n) is 1.67. The van der Waals surface area contributed by atoms with E-state index in [1.54, 1.807) is 13.8 Å². The van der Waals surface area contributed by atoms with Gasteiger partial charge in [-0.15, -0.1) is 0 Å². The minimum Gasteiger partial charge on any atom is -0.396 e. The highest BCUT2D eigenvalue weighted by Gasteiger charge is 2.13. The molecule has 0 spiro atoms. The van der Waals surface area contributed by atoms with Crippen molar-refractivity contribution < 1.29 is 30.6 Å². The van der Waals surface area contributed by atoms with E-state index >= 15 is 0 Å². The summed E-state index contributed by atoms with van der Waals surface area (Å²) in [5.41, 5.74) is -0.306. The van der Waals surface area contributed by atoms with Gasteiger partial charge < -0.3 is 30.6 Å². The summed E-state index contributed by atoms with van der Waals surface area (Å²) in [6, 6.07) is 0. The third-order valence-corrected chi connectivity index (χ3v) is 1.67. The molecule has 0 rings (SSSR count). The van der Waals surface area contributed by atoms with Gasteiger partial charge in [-0.1, -0.05) is 13.8 Å². The molecule has 0 saturated heterocycles. The standard InChI is InChI=1S/C5H12O2.C4H10O4/c1-5(2,3-6)4-7;5-1-3(7)4(8)2-6/h6-7H,3-4H2,1-2H3;3-8H,1-2H2. The van der Waals surface area contributed by atoms with Crippen molar-refractivity contribution in [2.24, 2.45) is 5.41 Å². The smallest absolute Gasteiger partial charge is 0.105 e. The predicted octanol–water partition coefficient (Wildman–Crippen LogP) is -2.31. The van der Waals surface area contributed by atoms with Crippen LogP contribution in [-0.4, -0.2) is 69.3 Å². The molecule has 0 bridgehead atoms. The molecule has 94 valence electrons. The average molecular weight is 226 g/mol. The largest absolute Gasteiger partial charge is 0.396 e. The van der Waals surface area contributed by atoms with Crippen molar-refractivity contribution in [2.45, 2.75) is 26.1 Å². The van der Waals surface area contributed by atoms with Crippen molar-refractivity contribution in [3.63, 3.8) is 0 Å². The first-order valence-electron chi connectivity index (χ1n) is 4.64. The molecule has 0 saturated carbocycles. The van der Waals surface area contributed by atoms with E-state index in [0.29, 0.717) is 0 Å². The number of hydrogen-bond donors (Lipinski definition) is 6. The highest BCUT2D eigenvalue weighted by molar-refractivity contribution is 4.63. The van der Waals surface area contributed by atoms with Gasteiger partial charge in [0.1, 0.15) is 12.2 Å². The normalized spacial score (nSPS) is 15.2. The second-order valence-electron chi connectivity index (χ2n) is 3.98. The van der Waals surface area contributed by atoms with Crippen LogP contribution in [0.25, 0.3) is 0 Å². The molecule has 2 unspecified atom stereocenters. The maximum Gasteiger partial charge on any atom is 0.105 e. The molecular weight excluding hydrogens is 204 g/mol. The first kappa shape index (κ1) is 17.2. The molecule has 0 amide bonds. The molecule has 6 nitrogen and oxygen atoms in total. The molecule has 0 aromatic rings. The van der Waals surface area contributed by atoms with Gasteiger partial charge in [-0.3, -0.25) is 0 Å². The summed E-state index contributed by atoms with van der Waals surface area (Å²) in [7, 11) is 0. The van der Waals surface area contributed by atoms with Crippen molar-refractivity contribution >= 4 is 0 Å². The third kappa shape index (κ3) is 10.1. The Kier molecular flexibility index (Phi) is 10.3. The number of rotatable bonds is 5. The SMILES string of the molecule is CC(C)(CO)CO.OCC(O)C(O)CO. The minimum absolute atomic E-state index is 0.0451. The summed E-state index contributed by atoms with van der Waals surface area (Å²) >= 11 is 0. The zero-order chi connectivity index (χ0) is 12.5. The second-order valence-corrected chi connectivity index (χ2v) is 3.98. The Morgan fingerprint density at radius 2 is 1.07 bits per heavy atom. The Bertz CT molecular complexity index is 125. The Hall–Kier alpha value is -0.240. The van der Waals surface area contributed by atoms with E-state index in [1.807, 2.05) is 0 Å². The van der Waals surface area contributed by atoms with Crippen LogP contribution < -0.4 is 0 Å². The number of aliphatic hydroxyl groups excluding tert-OH is 6. The fourth-order valence-electron chi connectivity index (χ4n) is 0.293. The molecular formula is C9H22O6. The van der Waals surface area contributed by atoms with Crippen LogP contribution in [0.3, 0.4) is 0 Å². The lowest BCUT2D eigenvalue weighted by molar-refractivity contribution is -0.0388. The van der Waals surface area contributed by atoms with Crippen LogP contribution in [-0.2, 0) is 0 Å². The van der Waals surface area contributed by atoms with Crippen molar-refractivity contribution in [3.05, 3.63) is 0 Å². The van der Waals surface area contributed by atoms with Gasteiger partial charge in [0, 0.05) is 5.41 Å². The quantitative estimate of drug-likeness (QED) is 0.313. The summed E-state index contributed by atoms with van der Waals surface area (Å²) < 4.78 is 0. The van der Waals surface area contributed by atoms with Crippen molar-refractivity contribution in [2.75, 3.05) is 26.4 Å². The van der Waals surface area contributed by atoms with E-state index in [4.69, 9.17) is 30.6 Å². The van der Waals surface area contributed by atoms with Gasteiger partial charge in [0.25, 0.3) is 0 Å². The van der Waals surface area contributed by atoms with Crippen LogP contribution in [0.2, 0.25) is 0 Å². The van der Waals surface area contributed by atoms with Gasteiger partial charge >= 0.3 is 0 Å². The van der Waals surface area contributed by atoms with Gasteiger partial charge in [-0.25, -0.2) is 0 Å². The van der Waals surface area contributed by atoms with Gasteiger partial charge in [0.2, 0.25) is 0 Å². The Balaban J connectivity index is 0. The maximum atomic E-state index is 8.47. The van der Waals surface area contributed by atoms with Crippen LogP contribution in [0.4, 0.5) is 0 Å². The average Bonchev–Trinajstić information content (AvgIpc) is 2.27. The molecule has 6 heteroatoms. The van der Waals surface area contributed by atoms with Gasteiger partial charge in [-0.2, -0.15) is 0 Å². The van der Waals surface area contributed by atoms with Crippen LogP contribution in [0.5, 0.6) is 0 Å². The molecule has 0 aliphatic rings. The predicted molar refractivity (Wildman–Crippen MR) is 54.1 cm³/mol. The number of hydrogen-bond acceptors (Lipinski definition) is 6. The summed E-state index contributed by atoms with van der Waals surface area (Å²) in [5.74, 6) is 0. The van der Waals surface area contributed by atoms with Gasteiger partial charge in [0.05, 0.1) is 26.4 Å². The lowest BCUT2D eigenvalue weighted by Crippen LogP contribution is -2.31. The highest BCUT2D eigenvalue weighted by atomic mass is 16.4. The fraction of sp³-hybridized carbons (Fsp3) is 1.00. The van der Waals surface area contributed by atoms with Crippen LogP contribution in [0, 0.1) is 5.41 Å². The zero-order valence-corrected chi connectivity index (χ0v) is 9.17. The van der Waals surface area contributed by atoms with Gasteiger partial charge in [-0.05, 0) is 0 Å². The highest BCUT2D eigenvalue weighted by Crippen LogP contribution is 2.10. The van der Waals surface area contributed by atoms with Gasteiger partial charge in [0.15, 0.2) is 0 Å².